The lowest BCUT2D eigenvalue weighted by atomic mass is 10.1. The highest BCUT2D eigenvalue weighted by molar-refractivity contribution is 5.54. The van der Waals surface area contributed by atoms with Gasteiger partial charge in [0.25, 0.3) is 0 Å². The number of rotatable bonds is 2. The van der Waals surface area contributed by atoms with Crippen molar-refractivity contribution in [2.45, 2.75) is 32.8 Å². The fourth-order valence-electron chi connectivity index (χ4n) is 2.31. The number of benzene rings is 1. The fraction of sp³-hybridized carbons (Fsp3) is 0.538. The third-order valence-corrected chi connectivity index (χ3v) is 3.14. The molecule has 0 aliphatic carbocycles. The Hall–Kier alpha value is -1.02. The first kappa shape index (κ1) is 10.5. The van der Waals surface area contributed by atoms with Crippen LogP contribution in [0.2, 0.25) is 0 Å². The first-order chi connectivity index (χ1) is 7.31. The Kier molecular flexibility index (Phi) is 3.27. The molecule has 1 aromatic rings. The molecule has 1 fully saturated rings. The summed E-state index contributed by atoms with van der Waals surface area (Å²) in [5.41, 5.74) is 3.63. The SMILES string of the molecule is Cc1cc(CO)ccc1N1CCCCC1. The molecular weight excluding hydrogens is 186 g/mol. The van der Waals surface area contributed by atoms with E-state index >= 15 is 0 Å². The number of aliphatic hydroxyl groups is 1. The number of hydrogen-bond donors (Lipinski definition) is 1. The maximum absolute atomic E-state index is 9.05. The topological polar surface area (TPSA) is 23.5 Å². The van der Waals surface area contributed by atoms with Crippen LogP contribution in [-0.4, -0.2) is 18.2 Å². The molecule has 0 atom stereocenters. The fourth-order valence-corrected chi connectivity index (χ4v) is 2.31. The molecule has 1 N–H and O–H groups in total. The summed E-state index contributed by atoms with van der Waals surface area (Å²) in [6.07, 6.45) is 3.98. The van der Waals surface area contributed by atoms with E-state index in [0.717, 1.165) is 5.56 Å². The lowest BCUT2D eigenvalue weighted by Gasteiger charge is -2.30. The van der Waals surface area contributed by atoms with E-state index < -0.39 is 0 Å². The van der Waals surface area contributed by atoms with Crippen molar-refractivity contribution in [3.8, 4) is 0 Å². The molecule has 82 valence electrons. The van der Waals surface area contributed by atoms with Gasteiger partial charge in [0, 0.05) is 18.8 Å². The third kappa shape index (κ3) is 2.32. The van der Waals surface area contributed by atoms with Gasteiger partial charge in [-0.2, -0.15) is 0 Å². The first-order valence-corrected chi connectivity index (χ1v) is 5.76. The summed E-state index contributed by atoms with van der Waals surface area (Å²) >= 11 is 0. The summed E-state index contributed by atoms with van der Waals surface area (Å²) in [6.45, 7) is 4.63. The van der Waals surface area contributed by atoms with Crippen molar-refractivity contribution >= 4 is 5.69 Å². The van der Waals surface area contributed by atoms with Crippen LogP contribution in [0.25, 0.3) is 0 Å². The number of anilines is 1. The van der Waals surface area contributed by atoms with Crippen LogP contribution in [0.3, 0.4) is 0 Å². The van der Waals surface area contributed by atoms with Crippen molar-refractivity contribution in [1.29, 1.82) is 0 Å². The van der Waals surface area contributed by atoms with E-state index in [0.29, 0.717) is 0 Å². The molecule has 0 aromatic heterocycles. The Balaban J connectivity index is 2.19. The van der Waals surface area contributed by atoms with Gasteiger partial charge >= 0.3 is 0 Å². The maximum atomic E-state index is 9.05. The van der Waals surface area contributed by atoms with Crippen molar-refractivity contribution in [3.05, 3.63) is 29.3 Å². The number of piperidine rings is 1. The molecule has 2 nitrogen and oxygen atoms in total. The van der Waals surface area contributed by atoms with Gasteiger partial charge in [-0.05, 0) is 43.4 Å². The van der Waals surface area contributed by atoms with E-state index in [9.17, 15) is 0 Å². The molecule has 2 heteroatoms. The van der Waals surface area contributed by atoms with Crippen LogP contribution in [0.4, 0.5) is 5.69 Å². The molecule has 0 radical (unpaired) electrons. The molecule has 0 bridgehead atoms. The van der Waals surface area contributed by atoms with Gasteiger partial charge in [0.1, 0.15) is 0 Å². The summed E-state index contributed by atoms with van der Waals surface area (Å²) in [5, 5.41) is 9.05. The summed E-state index contributed by atoms with van der Waals surface area (Å²) in [6, 6.07) is 6.26. The van der Waals surface area contributed by atoms with Crippen molar-refractivity contribution in [2.75, 3.05) is 18.0 Å². The van der Waals surface area contributed by atoms with Crippen LogP contribution >= 0.6 is 0 Å². The Labute approximate surface area is 91.5 Å². The summed E-state index contributed by atoms with van der Waals surface area (Å²) in [7, 11) is 0. The number of aryl methyl sites for hydroxylation is 1. The second kappa shape index (κ2) is 4.67. The standard InChI is InChI=1S/C13H19NO/c1-11-9-12(10-15)5-6-13(11)14-7-3-2-4-8-14/h5-6,9,15H,2-4,7-8,10H2,1H3. The van der Waals surface area contributed by atoms with Crippen LogP contribution in [0.15, 0.2) is 18.2 Å². The molecule has 1 aromatic carbocycles. The Morgan fingerprint density at radius 2 is 1.93 bits per heavy atom. The lowest BCUT2D eigenvalue weighted by Crippen LogP contribution is -2.29. The largest absolute Gasteiger partial charge is 0.392 e. The highest BCUT2D eigenvalue weighted by Gasteiger charge is 2.12. The molecule has 1 aliphatic rings. The van der Waals surface area contributed by atoms with Crippen molar-refractivity contribution in [1.82, 2.24) is 0 Å². The summed E-state index contributed by atoms with van der Waals surface area (Å²) in [4.78, 5) is 2.46. The zero-order chi connectivity index (χ0) is 10.7. The number of nitrogens with zero attached hydrogens (tertiary/aromatic N) is 1. The second-order valence-corrected chi connectivity index (χ2v) is 4.33. The highest BCUT2D eigenvalue weighted by Crippen LogP contribution is 2.24. The molecule has 1 heterocycles. The minimum atomic E-state index is 0.140. The molecule has 1 aliphatic heterocycles. The molecule has 0 unspecified atom stereocenters. The van der Waals surface area contributed by atoms with Gasteiger partial charge in [-0.15, -0.1) is 0 Å². The third-order valence-electron chi connectivity index (χ3n) is 3.14. The number of aliphatic hydroxyl groups excluding tert-OH is 1. The van der Waals surface area contributed by atoms with E-state index in [1.54, 1.807) is 0 Å². The van der Waals surface area contributed by atoms with Gasteiger partial charge in [-0.25, -0.2) is 0 Å². The van der Waals surface area contributed by atoms with Crippen LogP contribution in [0.5, 0.6) is 0 Å². The molecule has 0 saturated carbocycles. The lowest BCUT2D eigenvalue weighted by molar-refractivity contribution is 0.282. The summed E-state index contributed by atoms with van der Waals surface area (Å²) < 4.78 is 0. The normalized spacial score (nSPS) is 16.8. The molecule has 2 rings (SSSR count). The van der Waals surface area contributed by atoms with Gasteiger partial charge in [0.2, 0.25) is 0 Å². The van der Waals surface area contributed by atoms with E-state index in [4.69, 9.17) is 5.11 Å². The van der Waals surface area contributed by atoms with Crippen LogP contribution in [-0.2, 0) is 6.61 Å². The van der Waals surface area contributed by atoms with Crippen LogP contribution in [0, 0.1) is 6.92 Å². The average molecular weight is 205 g/mol. The Bertz CT molecular complexity index is 329. The van der Waals surface area contributed by atoms with Gasteiger partial charge in [-0.1, -0.05) is 12.1 Å². The van der Waals surface area contributed by atoms with E-state index in [1.807, 2.05) is 6.07 Å². The summed E-state index contributed by atoms with van der Waals surface area (Å²) in [5.74, 6) is 0. The first-order valence-electron chi connectivity index (χ1n) is 5.76. The van der Waals surface area contributed by atoms with Gasteiger partial charge in [0.15, 0.2) is 0 Å². The zero-order valence-corrected chi connectivity index (χ0v) is 9.37. The van der Waals surface area contributed by atoms with E-state index in [1.165, 1.54) is 43.6 Å². The Morgan fingerprint density at radius 3 is 2.53 bits per heavy atom. The van der Waals surface area contributed by atoms with Gasteiger partial charge < -0.3 is 10.0 Å². The molecule has 0 spiro atoms. The van der Waals surface area contributed by atoms with Crippen molar-refractivity contribution in [2.24, 2.45) is 0 Å². The predicted octanol–water partition coefficient (Wildman–Crippen LogP) is 2.48. The average Bonchev–Trinajstić information content (AvgIpc) is 2.30. The smallest absolute Gasteiger partial charge is 0.0681 e. The minimum absolute atomic E-state index is 0.140. The zero-order valence-electron chi connectivity index (χ0n) is 9.37. The van der Waals surface area contributed by atoms with Crippen molar-refractivity contribution < 1.29 is 5.11 Å². The second-order valence-electron chi connectivity index (χ2n) is 4.33. The monoisotopic (exact) mass is 205 g/mol. The predicted molar refractivity (Wildman–Crippen MR) is 63.2 cm³/mol. The molecule has 0 amide bonds. The van der Waals surface area contributed by atoms with Crippen molar-refractivity contribution in [3.63, 3.8) is 0 Å². The van der Waals surface area contributed by atoms with E-state index in [-0.39, 0.29) is 6.61 Å². The van der Waals surface area contributed by atoms with Gasteiger partial charge in [-0.3, -0.25) is 0 Å². The minimum Gasteiger partial charge on any atom is -0.392 e. The molecule has 1 saturated heterocycles. The quantitative estimate of drug-likeness (QED) is 0.801. The van der Waals surface area contributed by atoms with E-state index in [2.05, 4.69) is 24.0 Å². The highest BCUT2D eigenvalue weighted by atomic mass is 16.3. The number of hydrogen-bond acceptors (Lipinski definition) is 2. The molecular formula is C13H19NO. The Morgan fingerprint density at radius 1 is 1.20 bits per heavy atom. The maximum Gasteiger partial charge on any atom is 0.0681 e. The van der Waals surface area contributed by atoms with Crippen LogP contribution in [0.1, 0.15) is 30.4 Å². The van der Waals surface area contributed by atoms with Gasteiger partial charge in [0.05, 0.1) is 6.61 Å². The molecule has 15 heavy (non-hydrogen) atoms. The van der Waals surface area contributed by atoms with Crippen LogP contribution < -0.4 is 4.90 Å².